The minimum absolute atomic E-state index is 0.109. The number of imide groups is 1. The number of nitrogens with two attached hydrogens (primary N) is 4. The van der Waals surface area contributed by atoms with Gasteiger partial charge in [0, 0.05) is 18.7 Å². The maximum atomic E-state index is 13.7. The molecule has 11 N–H and O–H groups in total. The fourth-order valence-corrected chi connectivity index (χ4v) is 7.21. The van der Waals surface area contributed by atoms with Crippen LogP contribution in [0.4, 0.5) is 4.79 Å². The number of hydrogen-bond donors (Lipinski definition) is 7. The van der Waals surface area contributed by atoms with Gasteiger partial charge >= 0.3 is 0 Å². The Hall–Kier alpha value is -4.44. The van der Waals surface area contributed by atoms with Crippen LogP contribution in [0.3, 0.4) is 0 Å². The van der Waals surface area contributed by atoms with E-state index in [1.807, 2.05) is 6.92 Å². The van der Waals surface area contributed by atoms with Crippen LogP contribution in [0.5, 0.6) is 0 Å². The molecule has 1 aromatic carbocycles. The van der Waals surface area contributed by atoms with Gasteiger partial charge in [0.2, 0.25) is 17.7 Å². The third kappa shape index (κ3) is 19.0. The van der Waals surface area contributed by atoms with E-state index in [4.69, 9.17) is 22.9 Å². The largest absolute Gasteiger partial charge is 0.370 e. The fraction of sp³-hybridized carbons (Fsp3) is 0.634. The summed E-state index contributed by atoms with van der Waals surface area (Å²) in [6.45, 7) is 5.17. The summed E-state index contributed by atoms with van der Waals surface area (Å²) in [6, 6.07) is 3.48. The van der Waals surface area contributed by atoms with Gasteiger partial charge in [-0.2, -0.15) is 0 Å². The highest BCUT2D eigenvalue weighted by Gasteiger charge is 2.34. The van der Waals surface area contributed by atoms with Crippen LogP contribution in [-0.4, -0.2) is 83.4 Å². The summed E-state index contributed by atoms with van der Waals surface area (Å²) in [7, 11) is 0. The van der Waals surface area contributed by atoms with Crippen molar-refractivity contribution in [2.45, 2.75) is 148 Å². The molecule has 1 fully saturated rings. The first-order valence-corrected chi connectivity index (χ1v) is 21.5. The van der Waals surface area contributed by atoms with Crippen LogP contribution in [0.2, 0.25) is 0 Å². The molecule has 1 aromatic rings. The molecule has 0 aliphatic carbocycles. The number of benzene rings is 1. The number of primary amides is 1. The van der Waals surface area contributed by atoms with Gasteiger partial charge in [-0.25, -0.2) is 0 Å². The van der Waals surface area contributed by atoms with Crippen molar-refractivity contribution in [2.24, 2.45) is 27.9 Å². The zero-order valence-electron chi connectivity index (χ0n) is 34.0. The monoisotopic (exact) mass is 813 g/mol. The molecular formula is C41H67N9O6S. The number of rotatable bonds is 30. The van der Waals surface area contributed by atoms with E-state index in [-0.39, 0.29) is 42.1 Å². The van der Waals surface area contributed by atoms with E-state index in [1.54, 1.807) is 30.3 Å². The maximum Gasteiger partial charge on any atom is 0.293 e. The molecule has 1 heterocycles. The lowest BCUT2D eigenvalue weighted by molar-refractivity contribution is -0.132. The van der Waals surface area contributed by atoms with Crippen molar-refractivity contribution in [2.75, 3.05) is 19.6 Å². The molecule has 0 bridgehead atoms. The minimum atomic E-state index is -1.06. The number of amides is 6. The van der Waals surface area contributed by atoms with Crippen molar-refractivity contribution in [3.05, 3.63) is 40.3 Å². The van der Waals surface area contributed by atoms with Gasteiger partial charge in [-0.05, 0) is 87.0 Å². The number of nitrogens with zero attached hydrogens (tertiary/aromatic N) is 2. The molecule has 16 heteroatoms. The first kappa shape index (κ1) is 48.7. The molecule has 1 aliphatic rings. The van der Waals surface area contributed by atoms with E-state index in [2.05, 4.69) is 27.9 Å². The summed E-state index contributed by atoms with van der Waals surface area (Å²) < 4.78 is 0. The lowest BCUT2D eigenvalue weighted by Crippen LogP contribution is -2.56. The predicted octanol–water partition coefficient (Wildman–Crippen LogP) is 4.57. The second-order valence-electron chi connectivity index (χ2n) is 14.6. The molecule has 1 saturated heterocycles. The number of carbonyl (C=O) groups is 6. The number of aliphatic imine (C=N–C) groups is 1. The van der Waals surface area contributed by atoms with Gasteiger partial charge in [0.15, 0.2) is 5.96 Å². The fourth-order valence-electron chi connectivity index (χ4n) is 6.35. The molecule has 1 aliphatic heterocycles. The number of thioether (sulfide) groups is 1. The summed E-state index contributed by atoms with van der Waals surface area (Å²) in [6.07, 6.45) is 17.0. The second kappa shape index (κ2) is 28.0. The zero-order chi connectivity index (χ0) is 42.0. The van der Waals surface area contributed by atoms with Gasteiger partial charge in [0.05, 0.1) is 4.91 Å². The van der Waals surface area contributed by atoms with Crippen LogP contribution in [0.25, 0.3) is 6.08 Å². The lowest BCUT2D eigenvalue weighted by Gasteiger charge is -2.25. The molecule has 6 amide bonds. The van der Waals surface area contributed by atoms with Gasteiger partial charge in [-0.3, -0.25) is 38.7 Å². The quantitative estimate of drug-likeness (QED) is 0.0246. The number of unbranched alkanes of at least 4 members (excludes halogenated alkanes) is 11. The van der Waals surface area contributed by atoms with Crippen LogP contribution in [0.1, 0.15) is 145 Å². The zero-order valence-corrected chi connectivity index (χ0v) is 34.8. The molecule has 0 aromatic heterocycles. The highest BCUT2D eigenvalue weighted by Crippen LogP contribution is 2.32. The summed E-state index contributed by atoms with van der Waals surface area (Å²) in [5.74, 6) is -2.80. The van der Waals surface area contributed by atoms with Crippen molar-refractivity contribution >= 4 is 58.6 Å². The molecule has 2 rings (SSSR count). The lowest BCUT2D eigenvalue weighted by atomic mass is 10.0. The van der Waals surface area contributed by atoms with Crippen molar-refractivity contribution in [1.82, 2.24) is 20.9 Å². The Bertz CT molecular complexity index is 1500. The first-order chi connectivity index (χ1) is 27.4. The average molecular weight is 814 g/mol. The Balaban J connectivity index is 2.08. The van der Waals surface area contributed by atoms with E-state index in [9.17, 15) is 28.8 Å². The van der Waals surface area contributed by atoms with Crippen molar-refractivity contribution in [1.29, 1.82) is 0 Å². The molecule has 15 nitrogen and oxygen atoms in total. The van der Waals surface area contributed by atoms with Crippen LogP contribution in [0, 0.1) is 0 Å². The Morgan fingerprint density at radius 3 is 1.82 bits per heavy atom. The molecule has 0 radical (unpaired) electrons. The van der Waals surface area contributed by atoms with Crippen molar-refractivity contribution in [3.63, 3.8) is 0 Å². The highest BCUT2D eigenvalue weighted by molar-refractivity contribution is 8.18. The van der Waals surface area contributed by atoms with Crippen molar-refractivity contribution < 1.29 is 28.8 Å². The Kier molecular flexibility index (Phi) is 24.0. The number of carbonyl (C=O) groups excluding carboxylic acids is 6. The van der Waals surface area contributed by atoms with Gasteiger partial charge in [-0.15, -0.1) is 0 Å². The van der Waals surface area contributed by atoms with E-state index in [1.165, 1.54) is 49.8 Å². The normalized spacial score (nSPS) is 14.9. The SMILES string of the molecule is CCCCCCCCCCCCN1C(=O)S/C(=C\c2ccc(C(=O)N[C@@H](CCCN=C(N)N)C(=O)N[C@@H](CCCCN)C(=O)N[C@@H](CCCC)C(N)=O)cc2)C1=O. The molecule has 3 atom stereocenters. The van der Waals surface area contributed by atoms with Gasteiger partial charge in [0.25, 0.3) is 17.1 Å². The Morgan fingerprint density at radius 2 is 1.25 bits per heavy atom. The van der Waals surface area contributed by atoms with Gasteiger partial charge < -0.3 is 38.9 Å². The van der Waals surface area contributed by atoms with E-state index >= 15 is 0 Å². The van der Waals surface area contributed by atoms with Crippen LogP contribution in [-0.2, 0) is 19.2 Å². The third-order valence-electron chi connectivity index (χ3n) is 9.73. The van der Waals surface area contributed by atoms with E-state index in [0.717, 1.165) is 37.4 Å². The van der Waals surface area contributed by atoms with E-state index in [0.29, 0.717) is 55.7 Å². The average Bonchev–Trinajstić information content (AvgIpc) is 3.44. The third-order valence-corrected chi connectivity index (χ3v) is 10.6. The molecule has 0 saturated carbocycles. The molecular weight excluding hydrogens is 747 g/mol. The van der Waals surface area contributed by atoms with E-state index < -0.39 is 41.8 Å². The topological polar surface area (TPSA) is 258 Å². The number of guanidine groups is 1. The molecule has 318 valence electrons. The summed E-state index contributed by atoms with van der Waals surface area (Å²) in [4.78, 5) is 83.8. The molecule has 0 spiro atoms. The summed E-state index contributed by atoms with van der Waals surface area (Å²) in [5.41, 5.74) is 23.0. The number of nitrogens with one attached hydrogen (secondary N) is 3. The number of hydrogen-bond acceptors (Lipinski definition) is 9. The predicted molar refractivity (Wildman–Crippen MR) is 228 cm³/mol. The van der Waals surface area contributed by atoms with Crippen LogP contribution < -0.4 is 38.9 Å². The highest BCUT2D eigenvalue weighted by atomic mass is 32.2. The Labute approximate surface area is 342 Å². The summed E-state index contributed by atoms with van der Waals surface area (Å²) >= 11 is 0.904. The standard InChI is InChI=1S/C41H67N9O6S/c1-3-5-7-8-9-10-11-12-13-16-27-50-39(55)34(57-41(50)56)28-29-21-23-30(24-22-29)36(52)48-33(20-17-26-46-40(44)45)38(54)49-32(19-14-15-25-42)37(53)47-31(35(43)51)18-6-4-2/h21-24,28,31-33H,3-20,25-27,42H2,1-2H3,(H2,43,51)(H,47,53)(H,48,52)(H,49,54)(H4,44,45,46)/b34-28-/t31-,32-,33-/m0/s1. The molecule has 0 unspecified atom stereocenters. The maximum absolute atomic E-state index is 13.7. The van der Waals surface area contributed by atoms with Crippen LogP contribution in [0.15, 0.2) is 34.2 Å². The van der Waals surface area contributed by atoms with Gasteiger partial charge in [-0.1, -0.05) is 96.6 Å². The first-order valence-electron chi connectivity index (χ1n) is 20.7. The second-order valence-corrected chi connectivity index (χ2v) is 15.6. The summed E-state index contributed by atoms with van der Waals surface area (Å²) in [5, 5.41) is 7.91. The van der Waals surface area contributed by atoms with Crippen LogP contribution >= 0.6 is 11.8 Å². The van der Waals surface area contributed by atoms with Crippen molar-refractivity contribution in [3.8, 4) is 0 Å². The smallest absolute Gasteiger partial charge is 0.293 e. The minimum Gasteiger partial charge on any atom is -0.370 e. The van der Waals surface area contributed by atoms with Gasteiger partial charge in [0.1, 0.15) is 18.1 Å². The Morgan fingerprint density at radius 1 is 0.702 bits per heavy atom. The molecule has 57 heavy (non-hydrogen) atoms.